The van der Waals surface area contributed by atoms with Gasteiger partial charge in [0.1, 0.15) is 0 Å². The van der Waals surface area contributed by atoms with Gasteiger partial charge in [-0.15, -0.1) is 0 Å². The van der Waals surface area contributed by atoms with Crippen LogP contribution in [0.2, 0.25) is 0 Å². The van der Waals surface area contributed by atoms with Crippen LogP contribution in [0.4, 0.5) is 5.82 Å². The van der Waals surface area contributed by atoms with Crippen molar-refractivity contribution in [2.45, 2.75) is 0 Å². The largest absolute Gasteiger partial charge is 0.312 e. The molecule has 1 rings (SSSR count). The van der Waals surface area contributed by atoms with Gasteiger partial charge in [-0.05, 0) is 22.6 Å². The molecule has 2 N–H and O–H groups in total. The molecule has 0 radical (unpaired) electrons. The Labute approximate surface area is 65.2 Å². The molecule has 0 atom stereocenters. The molecular formula is C4H4IN3O. The molecule has 1 aromatic rings. The number of nitrogens with one attached hydrogen (secondary N) is 2. The Hall–Kier alpha value is -0.590. The molecule has 1 heterocycles. The summed E-state index contributed by atoms with van der Waals surface area (Å²) >= 11 is 2.07. The van der Waals surface area contributed by atoms with Crippen LogP contribution in [-0.2, 0) is 4.79 Å². The number of halogens is 1. The van der Waals surface area contributed by atoms with Gasteiger partial charge in [0.15, 0.2) is 5.82 Å². The first-order chi connectivity index (χ1) is 4.33. The maximum atomic E-state index is 9.82. The summed E-state index contributed by atoms with van der Waals surface area (Å²) in [5.41, 5.74) is 0. The van der Waals surface area contributed by atoms with Crippen LogP contribution in [0.15, 0.2) is 6.07 Å². The van der Waals surface area contributed by atoms with Gasteiger partial charge in [0.25, 0.3) is 0 Å². The molecule has 0 aromatic carbocycles. The second kappa shape index (κ2) is 2.81. The number of anilines is 1. The van der Waals surface area contributed by atoms with Crippen molar-refractivity contribution in [2.24, 2.45) is 0 Å². The SMILES string of the molecule is O=CNc1cc(I)[nH]n1. The number of hydrogen-bond acceptors (Lipinski definition) is 2. The minimum Gasteiger partial charge on any atom is -0.312 e. The predicted molar refractivity (Wildman–Crippen MR) is 41.0 cm³/mol. The molecule has 0 saturated heterocycles. The molecular weight excluding hydrogens is 233 g/mol. The van der Waals surface area contributed by atoms with Crippen LogP contribution in [0.5, 0.6) is 0 Å². The molecule has 0 aliphatic carbocycles. The highest BCUT2D eigenvalue weighted by molar-refractivity contribution is 14.1. The van der Waals surface area contributed by atoms with Crippen molar-refractivity contribution in [2.75, 3.05) is 5.32 Å². The molecule has 5 heteroatoms. The molecule has 0 spiro atoms. The fourth-order valence-corrected chi connectivity index (χ4v) is 0.848. The van der Waals surface area contributed by atoms with Gasteiger partial charge in [0.2, 0.25) is 6.41 Å². The van der Waals surface area contributed by atoms with Gasteiger partial charge in [0, 0.05) is 6.07 Å². The fourth-order valence-electron chi connectivity index (χ4n) is 0.433. The third kappa shape index (κ3) is 1.67. The van der Waals surface area contributed by atoms with Gasteiger partial charge in [-0.3, -0.25) is 9.89 Å². The second-order valence-corrected chi connectivity index (χ2v) is 2.53. The van der Waals surface area contributed by atoms with Crippen LogP contribution >= 0.6 is 22.6 Å². The predicted octanol–water partition coefficient (Wildman–Crippen LogP) is 0.583. The van der Waals surface area contributed by atoms with Crippen molar-refractivity contribution in [3.05, 3.63) is 9.77 Å². The van der Waals surface area contributed by atoms with E-state index in [4.69, 9.17) is 0 Å². The number of aromatic amines is 1. The normalized spacial score (nSPS) is 9.00. The summed E-state index contributed by atoms with van der Waals surface area (Å²) in [7, 11) is 0. The maximum absolute atomic E-state index is 9.82. The van der Waals surface area contributed by atoms with E-state index in [2.05, 4.69) is 38.1 Å². The number of carbonyl (C=O) groups is 1. The van der Waals surface area contributed by atoms with Gasteiger partial charge in [-0.1, -0.05) is 0 Å². The van der Waals surface area contributed by atoms with Crippen LogP contribution in [-0.4, -0.2) is 16.6 Å². The second-order valence-electron chi connectivity index (χ2n) is 1.36. The molecule has 9 heavy (non-hydrogen) atoms. The van der Waals surface area contributed by atoms with Crippen molar-refractivity contribution < 1.29 is 4.79 Å². The van der Waals surface area contributed by atoms with E-state index in [9.17, 15) is 4.79 Å². The van der Waals surface area contributed by atoms with Gasteiger partial charge < -0.3 is 5.32 Å². The highest BCUT2D eigenvalue weighted by Gasteiger charge is 1.93. The van der Waals surface area contributed by atoms with E-state index in [0.717, 1.165) is 3.70 Å². The zero-order valence-electron chi connectivity index (χ0n) is 4.39. The van der Waals surface area contributed by atoms with E-state index in [1.165, 1.54) is 0 Å². The van der Waals surface area contributed by atoms with E-state index < -0.39 is 0 Å². The van der Waals surface area contributed by atoms with Crippen LogP contribution < -0.4 is 5.32 Å². The number of hydrogen-bond donors (Lipinski definition) is 2. The summed E-state index contributed by atoms with van der Waals surface area (Å²) in [6, 6.07) is 1.73. The van der Waals surface area contributed by atoms with Crippen LogP contribution in [0.25, 0.3) is 0 Å². The van der Waals surface area contributed by atoms with Crippen molar-refractivity contribution in [3.63, 3.8) is 0 Å². The monoisotopic (exact) mass is 237 g/mol. The molecule has 0 unspecified atom stereocenters. The van der Waals surface area contributed by atoms with Crippen molar-refractivity contribution in [1.82, 2.24) is 10.2 Å². The number of aromatic nitrogens is 2. The third-order valence-electron chi connectivity index (χ3n) is 0.753. The Kier molecular flexibility index (Phi) is 2.04. The number of nitrogens with zero attached hydrogens (tertiary/aromatic N) is 1. The summed E-state index contributed by atoms with van der Waals surface area (Å²) in [6.45, 7) is 0. The maximum Gasteiger partial charge on any atom is 0.212 e. The van der Waals surface area contributed by atoms with Gasteiger partial charge >= 0.3 is 0 Å². The van der Waals surface area contributed by atoms with Crippen molar-refractivity contribution >= 4 is 34.8 Å². The summed E-state index contributed by atoms with van der Waals surface area (Å²) in [4.78, 5) is 9.82. The summed E-state index contributed by atoms with van der Waals surface area (Å²) < 4.78 is 0.900. The van der Waals surface area contributed by atoms with Gasteiger partial charge in [-0.2, -0.15) is 5.10 Å². The summed E-state index contributed by atoms with van der Waals surface area (Å²) in [5.74, 6) is 0.550. The molecule has 0 aliphatic rings. The van der Waals surface area contributed by atoms with Crippen molar-refractivity contribution in [1.29, 1.82) is 0 Å². The molecule has 1 aromatic heterocycles. The Bertz CT molecular complexity index is 209. The molecule has 48 valence electrons. The summed E-state index contributed by atoms with van der Waals surface area (Å²) in [6.07, 6.45) is 0.590. The molecule has 1 amide bonds. The zero-order chi connectivity index (χ0) is 6.69. The highest BCUT2D eigenvalue weighted by atomic mass is 127. The number of H-pyrrole nitrogens is 1. The van der Waals surface area contributed by atoms with E-state index in [1.54, 1.807) is 6.07 Å². The van der Waals surface area contributed by atoms with Crippen LogP contribution in [0.3, 0.4) is 0 Å². The number of rotatable bonds is 2. The topological polar surface area (TPSA) is 57.8 Å². The average molecular weight is 237 g/mol. The van der Waals surface area contributed by atoms with Crippen LogP contribution in [0.1, 0.15) is 0 Å². The van der Waals surface area contributed by atoms with Gasteiger partial charge in [0.05, 0.1) is 3.70 Å². The quantitative estimate of drug-likeness (QED) is 0.583. The van der Waals surface area contributed by atoms with E-state index in [-0.39, 0.29) is 0 Å². The molecule has 0 bridgehead atoms. The third-order valence-corrected chi connectivity index (χ3v) is 1.31. The average Bonchev–Trinajstić information content (AvgIpc) is 2.17. The minimum atomic E-state index is 0.550. The van der Waals surface area contributed by atoms with E-state index in [1.807, 2.05) is 0 Å². The first-order valence-corrected chi connectivity index (χ1v) is 3.32. The number of carbonyl (C=O) groups excluding carboxylic acids is 1. The van der Waals surface area contributed by atoms with Crippen molar-refractivity contribution in [3.8, 4) is 0 Å². The lowest BCUT2D eigenvalue weighted by Crippen LogP contribution is -1.92. The highest BCUT2D eigenvalue weighted by Crippen LogP contribution is 2.05. The first-order valence-electron chi connectivity index (χ1n) is 2.24. The van der Waals surface area contributed by atoms with E-state index in [0.29, 0.717) is 12.2 Å². The van der Waals surface area contributed by atoms with E-state index >= 15 is 0 Å². The molecule has 0 saturated carbocycles. The molecule has 0 aliphatic heterocycles. The van der Waals surface area contributed by atoms with Crippen LogP contribution in [0, 0.1) is 3.70 Å². The minimum absolute atomic E-state index is 0.550. The Balaban J connectivity index is 2.72. The molecule has 0 fully saturated rings. The first kappa shape index (κ1) is 6.53. The zero-order valence-corrected chi connectivity index (χ0v) is 6.55. The Morgan fingerprint density at radius 1 is 1.89 bits per heavy atom. The lowest BCUT2D eigenvalue weighted by molar-refractivity contribution is -0.105. The van der Waals surface area contributed by atoms with Gasteiger partial charge in [-0.25, -0.2) is 0 Å². The lowest BCUT2D eigenvalue weighted by atomic mass is 10.6. The standard InChI is InChI=1S/C4H4IN3O/c5-3-1-4(6-2-9)8-7-3/h1-2H,(H2,6,7,8,9). The number of amides is 1. The fraction of sp³-hybridized carbons (Fsp3) is 0. The molecule has 4 nitrogen and oxygen atoms in total. The summed E-state index contributed by atoms with van der Waals surface area (Å²) in [5, 5.41) is 8.80. The Morgan fingerprint density at radius 2 is 2.67 bits per heavy atom. The lowest BCUT2D eigenvalue weighted by Gasteiger charge is -1.83. The smallest absolute Gasteiger partial charge is 0.212 e. The Morgan fingerprint density at radius 3 is 3.11 bits per heavy atom.